The molecule has 2 aromatic carbocycles. The van der Waals surface area contributed by atoms with Crippen molar-refractivity contribution in [3.63, 3.8) is 0 Å². The van der Waals surface area contributed by atoms with E-state index in [1.165, 1.54) is 0 Å². The molecule has 4 heteroatoms. The number of nitrogens with one attached hydrogen (secondary N) is 1. The average molecular weight is 300 g/mol. The standard InChI is InChI=1S/C18H24N2O2/c1-4-9-18(2,19)17(21)20-12-13-5-6-15-11-16(22-3)8-7-14(15)10-13/h5-8,10-11H,4,9,12,19H2,1-3H3,(H,20,21). The Kier molecular flexibility index (Phi) is 5.03. The van der Waals surface area contributed by atoms with Gasteiger partial charge in [0, 0.05) is 6.54 Å². The predicted molar refractivity (Wildman–Crippen MR) is 89.8 cm³/mol. The molecule has 0 aliphatic rings. The maximum atomic E-state index is 12.1. The highest BCUT2D eigenvalue weighted by molar-refractivity contribution is 5.86. The zero-order valence-corrected chi connectivity index (χ0v) is 13.5. The molecule has 0 fully saturated rings. The van der Waals surface area contributed by atoms with Crippen LogP contribution in [0.3, 0.4) is 0 Å². The van der Waals surface area contributed by atoms with Crippen LogP contribution in [-0.2, 0) is 11.3 Å². The molecule has 0 radical (unpaired) electrons. The number of nitrogens with two attached hydrogens (primary N) is 1. The van der Waals surface area contributed by atoms with Crippen molar-refractivity contribution >= 4 is 16.7 Å². The van der Waals surface area contributed by atoms with Crippen molar-refractivity contribution < 1.29 is 9.53 Å². The van der Waals surface area contributed by atoms with Gasteiger partial charge in [-0.2, -0.15) is 0 Å². The Morgan fingerprint density at radius 2 is 1.91 bits per heavy atom. The van der Waals surface area contributed by atoms with Gasteiger partial charge >= 0.3 is 0 Å². The van der Waals surface area contributed by atoms with Gasteiger partial charge < -0.3 is 15.8 Å². The molecule has 1 atom stereocenters. The Morgan fingerprint density at radius 3 is 2.59 bits per heavy atom. The molecule has 0 spiro atoms. The van der Waals surface area contributed by atoms with Gasteiger partial charge in [0.15, 0.2) is 0 Å². The minimum atomic E-state index is -0.807. The minimum absolute atomic E-state index is 0.107. The van der Waals surface area contributed by atoms with E-state index in [1.54, 1.807) is 14.0 Å². The average Bonchev–Trinajstić information content (AvgIpc) is 2.51. The zero-order valence-electron chi connectivity index (χ0n) is 13.5. The summed E-state index contributed by atoms with van der Waals surface area (Å²) in [5, 5.41) is 5.16. The number of ether oxygens (including phenoxy) is 1. The van der Waals surface area contributed by atoms with E-state index in [4.69, 9.17) is 10.5 Å². The molecule has 0 bridgehead atoms. The van der Waals surface area contributed by atoms with E-state index in [9.17, 15) is 4.79 Å². The summed E-state index contributed by atoms with van der Waals surface area (Å²) in [7, 11) is 1.66. The lowest BCUT2D eigenvalue weighted by molar-refractivity contribution is -0.126. The lowest BCUT2D eigenvalue weighted by Crippen LogP contribution is -2.51. The van der Waals surface area contributed by atoms with Gasteiger partial charge in [-0.15, -0.1) is 0 Å². The molecule has 22 heavy (non-hydrogen) atoms. The number of fused-ring (bicyclic) bond motifs is 1. The van der Waals surface area contributed by atoms with Crippen molar-refractivity contribution in [3.05, 3.63) is 42.0 Å². The highest BCUT2D eigenvalue weighted by Gasteiger charge is 2.26. The van der Waals surface area contributed by atoms with Crippen molar-refractivity contribution in [2.75, 3.05) is 7.11 Å². The lowest BCUT2D eigenvalue weighted by Gasteiger charge is -2.22. The van der Waals surface area contributed by atoms with Crippen LogP contribution in [-0.4, -0.2) is 18.6 Å². The molecule has 0 saturated heterocycles. The Morgan fingerprint density at radius 1 is 1.23 bits per heavy atom. The van der Waals surface area contributed by atoms with E-state index in [1.807, 2.05) is 37.3 Å². The second-order valence-electron chi connectivity index (χ2n) is 5.90. The molecule has 2 rings (SSSR count). The SMILES string of the molecule is CCCC(C)(N)C(=O)NCc1ccc2cc(OC)ccc2c1. The fourth-order valence-electron chi connectivity index (χ4n) is 2.53. The second-order valence-corrected chi connectivity index (χ2v) is 5.90. The summed E-state index contributed by atoms with van der Waals surface area (Å²) < 4.78 is 5.22. The van der Waals surface area contributed by atoms with Crippen LogP contribution in [0.1, 0.15) is 32.3 Å². The minimum Gasteiger partial charge on any atom is -0.497 e. The maximum absolute atomic E-state index is 12.1. The molecule has 1 amide bonds. The molecule has 4 nitrogen and oxygen atoms in total. The van der Waals surface area contributed by atoms with Crippen molar-refractivity contribution in [2.24, 2.45) is 5.73 Å². The Bertz CT molecular complexity index is 665. The van der Waals surface area contributed by atoms with E-state index in [0.29, 0.717) is 13.0 Å². The lowest BCUT2D eigenvalue weighted by atomic mass is 9.96. The van der Waals surface area contributed by atoms with Gasteiger partial charge in [0.1, 0.15) is 5.75 Å². The van der Waals surface area contributed by atoms with Crippen LogP contribution in [0.5, 0.6) is 5.75 Å². The van der Waals surface area contributed by atoms with Gasteiger partial charge in [0.05, 0.1) is 12.6 Å². The summed E-state index contributed by atoms with van der Waals surface area (Å²) in [6, 6.07) is 12.1. The Hall–Kier alpha value is -2.07. The smallest absolute Gasteiger partial charge is 0.240 e. The van der Waals surface area contributed by atoms with Crippen molar-refractivity contribution in [1.29, 1.82) is 0 Å². The highest BCUT2D eigenvalue weighted by Crippen LogP contribution is 2.22. The summed E-state index contributed by atoms with van der Waals surface area (Å²) in [6.45, 7) is 4.28. The van der Waals surface area contributed by atoms with Crippen LogP contribution in [0.4, 0.5) is 0 Å². The highest BCUT2D eigenvalue weighted by atomic mass is 16.5. The summed E-state index contributed by atoms with van der Waals surface area (Å²) in [6.07, 6.45) is 1.56. The molecule has 0 aliphatic carbocycles. The third-order valence-corrected chi connectivity index (χ3v) is 3.85. The second kappa shape index (κ2) is 6.79. The summed E-state index contributed by atoms with van der Waals surface area (Å²) >= 11 is 0. The largest absolute Gasteiger partial charge is 0.497 e. The van der Waals surface area contributed by atoms with Crippen LogP contribution < -0.4 is 15.8 Å². The number of carbonyl (C=O) groups excluding carboxylic acids is 1. The van der Waals surface area contributed by atoms with Crippen molar-refractivity contribution in [2.45, 2.75) is 38.8 Å². The summed E-state index contributed by atoms with van der Waals surface area (Å²) in [4.78, 5) is 12.1. The molecule has 0 aliphatic heterocycles. The van der Waals surface area contributed by atoms with E-state index < -0.39 is 5.54 Å². The molecule has 0 saturated carbocycles. The number of benzene rings is 2. The van der Waals surface area contributed by atoms with Crippen molar-refractivity contribution in [3.8, 4) is 5.75 Å². The quantitative estimate of drug-likeness (QED) is 0.862. The first-order valence-corrected chi connectivity index (χ1v) is 7.60. The first kappa shape index (κ1) is 16.3. The zero-order chi connectivity index (χ0) is 16.2. The molecule has 0 heterocycles. The Labute approximate surface area is 131 Å². The predicted octanol–water partition coefficient (Wildman–Crippen LogP) is 2.98. The molecular formula is C18H24N2O2. The monoisotopic (exact) mass is 300 g/mol. The van der Waals surface area contributed by atoms with E-state index in [-0.39, 0.29) is 5.91 Å². The van der Waals surface area contributed by atoms with E-state index in [2.05, 4.69) is 11.4 Å². The van der Waals surface area contributed by atoms with Gasteiger partial charge in [-0.3, -0.25) is 4.79 Å². The van der Waals surface area contributed by atoms with E-state index in [0.717, 1.165) is 28.5 Å². The normalized spacial score (nSPS) is 13.6. The van der Waals surface area contributed by atoms with Crippen LogP contribution in [0.15, 0.2) is 36.4 Å². The number of methoxy groups -OCH3 is 1. The molecule has 2 aromatic rings. The van der Waals surface area contributed by atoms with Crippen LogP contribution >= 0.6 is 0 Å². The van der Waals surface area contributed by atoms with Gasteiger partial charge in [0.2, 0.25) is 5.91 Å². The summed E-state index contributed by atoms with van der Waals surface area (Å²) in [5.74, 6) is 0.733. The maximum Gasteiger partial charge on any atom is 0.240 e. The number of hydrogen-bond donors (Lipinski definition) is 2. The topological polar surface area (TPSA) is 64.4 Å². The van der Waals surface area contributed by atoms with Gasteiger partial charge in [-0.25, -0.2) is 0 Å². The number of carbonyl (C=O) groups is 1. The van der Waals surface area contributed by atoms with E-state index >= 15 is 0 Å². The fourth-order valence-corrected chi connectivity index (χ4v) is 2.53. The number of amides is 1. The molecule has 3 N–H and O–H groups in total. The van der Waals surface area contributed by atoms with Crippen molar-refractivity contribution in [1.82, 2.24) is 5.32 Å². The molecule has 1 unspecified atom stereocenters. The number of rotatable bonds is 6. The van der Waals surface area contributed by atoms with Crippen LogP contribution in [0.2, 0.25) is 0 Å². The van der Waals surface area contributed by atoms with Gasteiger partial charge in [-0.1, -0.05) is 31.5 Å². The third kappa shape index (κ3) is 3.77. The third-order valence-electron chi connectivity index (χ3n) is 3.85. The molecule has 0 aromatic heterocycles. The fraction of sp³-hybridized carbons (Fsp3) is 0.389. The van der Waals surface area contributed by atoms with Gasteiger partial charge in [0.25, 0.3) is 0 Å². The molecular weight excluding hydrogens is 276 g/mol. The van der Waals surface area contributed by atoms with Crippen LogP contribution in [0.25, 0.3) is 10.8 Å². The molecule has 118 valence electrons. The van der Waals surface area contributed by atoms with Crippen LogP contribution in [0, 0.1) is 0 Å². The first-order valence-electron chi connectivity index (χ1n) is 7.60. The number of hydrogen-bond acceptors (Lipinski definition) is 3. The Balaban J connectivity index is 2.07. The van der Waals surface area contributed by atoms with Gasteiger partial charge in [-0.05, 0) is 47.9 Å². The first-order chi connectivity index (χ1) is 10.5. The summed E-state index contributed by atoms with van der Waals surface area (Å²) in [5.41, 5.74) is 6.28.